The maximum atomic E-state index is 13.6. The molecular formula is C13H10F4O2. The molecule has 0 radical (unpaired) electrons. The molecule has 0 bridgehead atoms. The molecule has 1 aromatic carbocycles. The number of carboxylic acids is 1. The van der Waals surface area contributed by atoms with Crippen molar-refractivity contribution in [1.82, 2.24) is 0 Å². The first-order valence-corrected chi connectivity index (χ1v) is 5.49. The fourth-order valence-electron chi connectivity index (χ4n) is 1.35. The van der Waals surface area contributed by atoms with Gasteiger partial charge in [-0.1, -0.05) is 25.2 Å². The average molecular weight is 274 g/mol. The number of hydrogen-bond donors (Lipinski definition) is 1. The third-order valence-electron chi connectivity index (χ3n) is 2.35. The zero-order valence-corrected chi connectivity index (χ0v) is 9.99. The largest absolute Gasteiger partial charge is 0.477 e. The third-order valence-corrected chi connectivity index (χ3v) is 2.35. The monoisotopic (exact) mass is 274 g/mol. The van der Waals surface area contributed by atoms with Crippen LogP contribution in [0.2, 0.25) is 0 Å². The second-order valence-electron chi connectivity index (χ2n) is 3.72. The minimum absolute atomic E-state index is 0.316. The highest BCUT2D eigenvalue weighted by Crippen LogP contribution is 2.23. The van der Waals surface area contributed by atoms with Gasteiger partial charge in [0.15, 0.2) is 23.3 Å². The molecule has 6 heteroatoms. The van der Waals surface area contributed by atoms with E-state index in [1.165, 1.54) is 0 Å². The normalized spacial score (nSPS) is 9.95. The molecule has 102 valence electrons. The molecular weight excluding hydrogens is 264 g/mol. The molecule has 0 aliphatic rings. The molecule has 0 atom stereocenters. The predicted molar refractivity (Wildman–Crippen MR) is 59.6 cm³/mol. The summed E-state index contributed by atoms with van der Waals surface area (Å²) in [6, 6.07) is 0. The summed E-state index contributed by atoms with van der Waals surface area (Å²) < 4.78 is 53.2. The summed E-state index contributed by atoms with van der Waals surface area (Å²) in [7, 11) is 0. The molecule has 0 aliphatic heterocycles. The minimum Gasteiger partial charge on any atom is -0.477 e. The summed E-state index contributed by atoms with van der Waals surface area (Å²) >= 11 is 0. The van der Waals surface area contributed by atoms with Gasteiger partial charge in [0, 0.05) is 6.42 Å². The average Bonchev–Trinajstić information content (AvgIpc) is 2.35. The molecule has 0 heterocycles. The number of carboxylic acid groups (broad SMARTS) is 1. The first-order chi connectivity index (χ1) is 8.91. The molecule has 0 spiro atoms. The Hall–Kier alpha value is -2.03. The van der Waals surface area contributed by atoms with E-state index in [0.717, 1.165) is 6.42 Å². The summed E-state index contributed by atoms with van der Waals surface area (Å²) in [6.07, 6.45) is 1.79. The van der Waals surface area contributed by atoms with Crippen molar-refractivity contribution in [2.24, 2.45) is 0 Å². The first kappa shape index (κ1) is 15.0. The lowest BCUT2D eigenvalue weighted by Crippen LogP contribution is -2.11. The molecule has 0 amide bonds. The second kappa shape index (κ2) is 6.23. The number of benzene rings is 1. The summed E-state index contributed by atoms with van der Waals surface area (Å²) in [6.45, 7) is 1.88. The van der Waals surface area contributed by atoms with Crippen LogP contribution in [0.1, 0.15) is 42.1 Å². The standard InChI is InChI=1S/C13H10F4O2/c1-2-3-4-5-6-7-9(14)8(13(18)19)11(16)12(17)10(7)15/h2-4H2,1H3,(H,18,19). The van der Waals surface area contributed by atoms with Gasteiger partial charge in [0.05, 0.1) is 0 Å². The van der Waals surface area contributed by atoms with Gasteiger partial charge in [-0.25, -0.2) is 22.4 Å². The van der Waals surface area contributed by atoms with Crippen molar-refractivity contribution in [3.05, 3.63) is 34.4 Å². The van der Waals surface area contributed by atoms with Gasteiger partial charge in [-0.05, 0) is 6.42 Å². The van der Waals surface area contributed by atoms with E-state index in [9.17, 15) is 22.4 Å². The van der Waals surface area contributed by atoms with E-state index in [2.05, 4.69) is 5.92 Å². The quantitative estimate of drug-likeness (QED) is 0.301. The van der Waals surface area contributed by atoms with Crippen LogP contribution in [0.15, 0.2) is 0 Å². The third kappa shape index (κ3) is 3.05. The Kier molecular flexibility index (Phi) is 4.93. The molecule has 0 aromatic heterocycles. The summed E-state index contributed by atoms with van der Waals surface area (Å²) in [4.78, 5) is 10.6. The summed E-state index contributed by atoms with van der Waals surface area (Å²) in [5, 5.41) is 8.58. The van der Waals surface area contributed by atoms with Crippen LogP contribution in [0, 0.1) is 35.1 Å². The van der Waals surface area contributed by atoms with Crippen molar-refractivity contribution >= 4 is 5.97 Å². The fourth-order valence-corrected chi connectivity index (χ4v) is 1.35. The molecule has 2 nitrogen and oxygen atoms in total. The Morgan fingerprint density at radius 2 is 1.74 bits per heavy atom. The molecule has 0 saturated carbocycles. The Balaban J connectivity index is 3.38. The lowest BCUT2D eigenvalue weighted by molar-refractivity contribution is 0.0684. The van der Waals surface area contributed by atoms with E-state index in [-0.39, 0.29) is 0 Å². The lowest BCUT2D eigenvalue weighted by Gasteiger charge is -2.05. The topological polar surface area (TPSA) is 37.3 Å². The van der Waals surface area contributed by atoms with Crippen LogP contribution in [-0.2, 0) is 0 Å². The summed E-state index contributed by atoms with van der Waals surface area (Å²) in [5.74, 6) is -5.26. The number of rotatable bonds is 3. The molecule has 1 N–H and O–H groups in total. The highest BCUT2D eigenvalue weighted by atomic mass is 19.2. The zero-order valence-electron chi connectivity index (χ0n) is 9.99. The van der Waals surface area contributed by atoms with Crippen LogP contribution in [0.5, 0.6) is 0 Å². The SMILES string of the molecule is CCCCC#Cc1c(F)c(F)c(F)c(C(=O)O)c1F. The van der Waals surface area contributed by atoms with Crippen LogP contribution >= 0.6 is 0 Å². The van der Waals surface area contributed by atoms with Crippen LogP contribution in [-0.4, -0.2) is 11.1 Å². The number of unbranched alkanes of at least 4 members (excludes halogenated alkanes) is 2. The molecule has 0 aliphatic carbocycles. The van der Waals surface area contributed by atoms with Crippen molar-refractivity contribution in [3.8, 4) is 11.8 Å². The van der Waals surface area contributed by atoms with E-state index < -0.39 is 40.4 Å². The van der Waals surface area contributed by atoms with E-state index in [0.29, 0.717) is 12.8 Å². The van der Waals surface area contributed by atoms with Gasteiger partial charge in [-0.15, -0.1) is 0 Å². The Morgan fingerprint density at radius 3 is 2.26 bits per heavy atom. The van der Waals surface area contributed by atoms with Gasteiger partial charge in [0.25, 0.3) is 0 Å². The maximum absolute atomic E-state index is 13.6. The molecule has 0 saturated heterocycles. The van der Waals surface area contributed by atoms with E-state index >= 15 is 0 Å². The van der Waals surface area contributed by atoms with Gasteiger partial charge in [0.2, 0.25) is 0 Å². The molecule has 1 rings (SSSR count). The van der Waals surface area contributed by atoms with Gasteiger partial charge in [-0.3, -0.25) is 0 Å². The van der Waals surface area contributed by atoms with Crippen LogP contribution < -0.4 is 0 Å². The lowest BCUT2D eigenvalue weighted by atomic mass is 10.1. The van der Waals surface area contributed by atoms with Crippen molar-refractivity contribution in [1.29, 1.82) is 0 Å². The number of halogens is 4. The number of carbonyl (C=O) groups is 1. The molecule has 0 fully saturated rings. The van der Waals surface area contributed by atoms with E-state index in [4.69, 9.17) is 5.11 Å². The first-order valence-electron chi connectivity index (χ1n) is 5.49. The van der Waals surface area contributed by atoms with Crippen molar-refractivity contribution in [3.63, 3.8) is 0 Å². The van der Waals surface area contributed by atoms with Crippen LogP contribution in [0.25, 0.3) is 0 Å². The van der Waals surface area contributed by atoms with Crippen molar-refractivity contribution in [2.75, 3.05) is 0 Å². The maximum Gasteiger partial charge on any atom is 0.341 e. The molecule has 19 heavy (non-hydrogen) atoms. The molecule has 1 aromatic rings. The van der Waals surface area contributed by atoms with E-state index in [1.807, 2.05) is 12.8 Å². The van der Waals surface area contributed by atoms with Crippen molar-refractivity contribution < 1.29 is 27.5 Å². The van der Waals surface area contributed by atoms with Crippen LogP contribution in [0.4, 0.5) is 17.6 Å². The minimum atomic E-state index is -2.07. The highest BCUT2D eigenvalue weighted by molar-refractivity contribution is 5.89. The van der Waals surface area contributed by atoms with Gasteiger partial charge in [-0.2, -0.15) is 0 Å². The van der Waals surface area contributed by atoms with Crippen LogP contribution in [0.3, 0.4) is 0 Å². The van der Waals surface area contributed by atoms with Crippen molar-refractivity contribution in [2.45, 2.75) is 26.2 Å². The predicted octanol–water partition coefficient (Wildman–Crippen LogP) is 3.48. The number of hydrogen-bond acceptors (Lipinski definition) is 1. The Labute approximate surface area is 107 Å². The van der Waals surface area contributed by atoms with Gasteiger partial charge < -0.3 is 5.11 Å². The van der Waals surface area contributed by atoms with E-state index in [1.54, 1.807) is 0 Å². The Morgan fingerprint density at radius 1 is 1.11 bits per heavy atom. The van der Waals surface area contributed by atoms with Gasteiger partial charge in [0.1, 0.15) is 11.1 Å². The van der Waals surface area contributed by atoms with Gasteiger partial charge >= 0.3 is 5.97 Å². The molecule has 0 unspecified atom stereocenters. The smallest absolute Gasteiger partial charge is 0.341 e. The summed E-state index contributed by atoms with van der Waals surface area (Å²) in [5.41, 5.74) is -2.61. The fraction of sp³-hybridized carbons (Fsp3) is 0.308. The second-order valence-corrected chi connectivity index (χ2v) is 3.72. The highest BCUT2D eigenvalue weighted by Gasteiger charge is 2.28. The zero-order chi connectivity index (χ0) is 14.6. The Bertz CT molecular complexity index is 570. The number of aromatic carboxylic acids is 1.